The van der Waals surface area contributed by atoms with E-state index in [2.05, 4.69) is 10.6 Å². The van der Waals surface area contributed by atoms with Crippen molar-refractivity contribution in [1.82, 2.24) is 4.90 Å². The molecule has 1 aromatic carbocycles. The van der Waals surface area contributed by atoms with Crippen molar-refractivity contribution in [2.75, 3.05) is 23.7 Å². The fourth-order valence-corrected chi connectivity index (χ4v) is 3.25. The van der Waals surface area contributed by atoms with E-state index in [1.165, 1.54) is 13.2 Å². The Bertz CT molecular complexity index is 845. The first-order valence-corrected chi connectivity index (χ1v) is 8.96. The first-order valence-electron chi connectivity index (χ1n) is 8.96. The summed E-state index contributed by atoms with van der Waals surface area (Å²) >= 11 is 0. The van der Waals surface area contributed by atoms with Gasteiger partial charge in [-0.2, -0.15) is 0 Å². The Morgan fingerprint density at radius 2 is 2.00 bits per heavy atom. The second-order valence-corrected chi connectivity index (χ2v) is 6.77. The highest BCUT2D eigenvalue weighted by atomic mass is 16.3. The average molecular weight is 369 g/mol. The maximum absolute atomic E-state index is 12.7. The largest absolute Gasteiger partial charge is 0.459 e. The number of amides is 3. The van der Waals surface area contributed by atoms with Gasteiger partial charge in [-0.05, 0) is 55.7 Å². The molecule has 1 unspecified atom stereocenters. The van der Waals surface area contributed by atoms with Crippen molar-refractivity contribution >= 4 is 29.1 Å². The molecule has 142 valence electrons. The number of rotatable bonds is 4. The number of carbonyl (C=O) groups excluding carboxylic acids is 3. The van der Waals surface area contributed by atoms with Gasteiger partial charge in [0, 0.05) is 31.4 Å². The van der Waals surface area contributed by atoms with E-state index in [9.17, 15) is 14.4 Å². The summed E-state index contributed by atoms with van der Waals surface area (Å²) in [5.41, 5.74) is 2.25. The topological polar surface area (TPSA) is 91.7 Å². The monoisotopic (exact) mass is 369 g/mol. The van der Waals surface area contributed by atoms with Crippen LogP contribution in [0.2, 0.25) is 0 Å². The van der Waals surface area contributed by atoms with E-state index in [1.54, 1.807) is 29.2 Å². The van der Waals surface area contributed by atoms with Crippen LogP contribution in [-0.4, -0.2) is 35.7 Å². The van der Waals surface area contributed by atoms with Crippen LogP contribution in [0.25, 0.3) is 0 Å². The summed E-state index contributed by atoms with van der Waals surface area (Å²) < 4.78 is 5.17. The zero-order valence-corrected chi connectivity index (χ0v) is 15.5. The molecule has 1 saturated heterocycles. The molecule has 3 rings (SSSR count). The standard InChI is InChI=1S/C20H23N3O4/c1-13-11-16(7-8-17(13)21-14(2)24)22-19(25)15-5-3-9-23(12-15)20(26)18-6-4-10-27-18/h4,6-8,10-11,15H,3,5,9,12H2,1-2H3,(H,21,24)(H,22,25). The highest BCUT2D eigenvalue weighted by molar-refractivity contribution is 5.95. The van der Waals surface area contributed by atoms with Gasteiger partial charge in [-0.1, -0.05) is 0 Å². The second-order valence-electron chi connectivity index (χ2n) is 6.77. The predicted molar refractivity (Wildman–Crippen MR) is 101 cm³/mol. The Morgan fingerprint density at radius 1 is 1.19 bits per heavy atom. The minimum Gasteiger partial charge on any atom is -0.459 e. The molecule has 1 fully saturated rings. The van der Waals surface area contributed by atoms with Crippen molar-refractivity contribution in [2.45, 2.75) is 26.7 Å². The van der Waals surface area contributed by atoms with E-state index in [0.29, 0.717) is 30.2 Å². The zero-order chi connectivity index (χ0) is 19.4. The van der Waals surface area contributed by atoms with Gasteiger partial charge in [0.1, 0.15) is 0 Å². The number of furan rings is 1. The maximum Gasteiger partial charge on any atom is 0.289 e. The molecule has 1 atom stereocenters. The van der Waals surface area contributed by atoms with E-state index < -0.39 is 0 Å². The van der Waals surface area contributed by atoms with Crippen LogP contribution in [0, 0.1) is 12.8 Å². The summed E-state index contributed by atoms with van der Waals surface area (Å²) in [6.07, 6.45) is 2.97. The van der Waals surface area contributed by atoms with E-state index >= 15 is 0 Å². The minimum absolute atomic E-state index is 0.112. The Morgan fingerprint density at radius 3 is 2.67 bits per heavy atom. The summed E-state index contributed by atoms with van der Waals surface area (Å²) in [4.78, 5) is 37.9. The number of carbonyl (C=O) groups is 3. The molecule has 0 spiro atoms. The molecule has 0 bridgehead atoms. The highest BCUT2D eigenvalue weighted by Crippen LogP contribution is 2.23. The lowest BCUT2D eigenvalue weighted by Crippen LogP contribution is -2.43. The van der Waals surface area contributed by atoms with Crippen molar-refractivity contribution in [2.24, 2.45) is 5.92 Å². The number of benzene rings is 1. The minimum atomic E-state index is -0.270. The summed E-state index contributed by atoms with van der Waals surface area (Å²) in [5, 5.41) is 5.66. The number of piperidine rings is 1. The molecule has 2 aromatic rings. The van der Waals surface area contributed by atoms with Crippen LogP contribution in [0.3, 0.4) is 0 Å². The van der Waals surface area contributed by atoms with Crippen LogP contribution in [0.1, 0.15) is 35.9 Å². The van der Waals surface area contributed by atoms with Gasteiger partial charge in [-0.15, -0.1) is 0 Å². The van der Waals surface area contributed by atoms with Gasteiger partial charge in [0.15, 0.2) is 5.76 Å². The molecule has 1 aliphatic heterocycles. The Labute approximate surface area is 157 Å². The molecule has 2 heterocycles. The Balaban J connectivity index is 1.63. The van der Waals surface area contributed by atoms with Gasteiger partial charge in [0.25, 0.3) is 5.91 Å². The number of anilines is 2. The smallest absolute Gasteiger partial charge is 0.289 e. The fourth-order valence-electron chi connectivity index (χ4n) is 3.25. The normalized spacial score (nSPS) is 16.7. The number of likely N-dealkylation sites (tertiary alicyclic amines) is 1. The SMILES string of the molecule is CC(=O)Nc1ccc(NC(=O)C2CCCN(C(=O)c3ccco3)C2)cc1C. The van der Waals surface area contributed by atoms with Gasteiger partial charge in [0.2, 0.25) is 11.8 Å². The fraction of sp³-hybridized carbons (Fsp3) is 0.350. The quantitative estimate of drug-likeness (QED) is 0.866. The van der Waals surface area contributed by atoms with Crippen molar-refractivity contribution in [3.63, 3.8) is 0 Å². The van der Waals surface area contributed by atoms with Crippen LogP contribution in [0.15, 0.2) is 41.0 Å². The third-order valence-electron chi connectivity index (χ3n) is 4.62. The van der Waals surface area contributed by atoms with Gasteiger partial charge >= 0.3 is 0 Å². The lowest BCUT2D eigenvalue weighted by atomic mass is 9.96. The summed E-state index contributed by atoms with van der Waals surface area (Å²) in [5.74, 6) is -0.418. The number of hydrogen-bond acceptors (Lipinski definition) is 4. The van der Waals surface area contributed by atoms with E-state index in [0.717, 1.165) is 18.4 Å². The Kier molecular flexibility index (Phi) is 5.59. The van der Waals surface area contributed by atoms with Crippen molar-refractivity contribution in [1.29, 1.82) is 0 Å². The van der Waals surface area contributed by atoms with Gasteiger partial charge in [-0.25, -0.2) is 0 Å². The number of aryl methyl sites for hydroxylation is 1. The molecule has 2 N–H and O–H groups in total. The summed E-state index contributed by atoms with van der Waals surface area (Å²) in [6.45, 7) is 4.31. The lowest BCUT2D eigenvalue weighted by molar-refractivity contribution is -0.121. The van der Waals surface area contributed by atoms with E-state index in [1.807, 2.05) is 13.0 Å². The molecule has 0 aliphatic carbocycles. The zero-order valence-electron chi connectivity index (χ0n) is 15.5. The molecular weight excluding hydrogens is 346 g/mol. The third-order valence-corrected chi connectivity index (χ3v) is 4.62. The molecule has 7 heteroatoms. The summed E-state index contributed by atoms with van der Waals surface area (Å²) in [6, 6.07) is 8.64. The Hall–Kier alpha value is -3.09. The van der Waals surface area contributed by atoms with Crippen LogP contribution in [0.4, 0.5) is 11.4 Å². The van der Waals surface area contributed by atoms with E-state index in [-0.39, 0.29) is 23.6 Å². The van der Waals surface area contributed by atoms with Gasteiger partial charge < -0.3 is 20.0 Å². The molecule has 7 nitrogen and oxygen atoms in total. The molecule has 1 aliphatic rings. The molecule has 0 radical (unpaired) electrons. The van der Waals surface area contributed by atoms with Crippen molar-refractivity contribution in [3.8, 4) is 0 Å². The van der Waals surface area contributed by atoms with E-state index in [4.69, 9.17) is 4.42 Å². The number of nitrogens with one attached hydrogen (secondary N) is 2. The highest BCUT2D eigenvalue weighted by Gasteiger charge is 2.30. The van der Waals surface area contributed by atoms with Crippen molar-refractivity contribution in [3.05, 3.63) is 47.9 Å². The van der Waals surface area contributed by atoms with Gasteiger partial charge in [0.05, 0.1) is 12.2 Å². The second kappa shape index (κ2) is 8.07. The van der Waals surface area contributed by atoms with Crippen LogP contribution < -0.4 is 10.6 Å². The predicted octanol–water partition coefficient (Wildman–Crippen LogP) is 3.04. The molecule has 1 aromatic heterocycles. The third kappa shape index (κ3) is 4.55. The van der Waals surface area contributed by atoms with Crippen molar-refractivity contribution < 1.29 is 18.8 Å². The van der Waals surface area contributed by atoms with Crippen LogP contribution in [0.5, 0.6) is 0 Å². The van der Waals surface area contributed by atoms with Crippen LogP contribution in [-0.2, 0) is 9.59 Å². The van der Waals surface area contributed by atoms with Crippen LogP contribution >= 0.6 is 0 Å². The summed E-state index contributed by atoms with van der Waals surface area (Å²) in [7, 11) is 0. The lowest BCUT2D eigenvalue weighted by Gasteiger charge is -2.31. The molecule has 0 saturated carbocycles. The molecule has 27 heavy (non-hydrogen) atoms. The maximum atomic E-state index is 12.7. The van der Waals surface area contributed by atoms with Gasteiger partial charge in [-0.3, -0.25) is 14.4 Å². The first kappa shape index (κ1) is 18.7. The molecular formula is C20H23N3O4. The first-order chi connectivity index (χ1) is 12.9. The number of hydrogen-bond donors (Lipinski definition) is 2. The average Bonchev–Trinajstić information content (AvgIpc) is 3.18. The number of nitrogens with zero attached hydrogens (tertiary/aromatic N) is 1. The molecule has 3 amide bonds.